The third kappa shape index (κ3) is 4.22. The maximum atomic E-state index is 4.62. The standard InChI is InChI=1S/C40H26N2/c1-2-11-36-34(9-1)35-10-3-4-12-37(35)39-25-29(18-19-38(36)39)27-14-16-28(17-15-27)31-22-32(30-8-7-20-41-26-30)24-33(23-31)40-13-5-6-21-42-40/h1-26H. The fourth-order valence-corrected chi connectivity index (χ4v) is 6.12. The molecular formula is C40H26N2. The fraction of sp³-hybridized carbons (Fsp3) is 0. The quantitative estimate of drug-likeness (QED) is 0.210. The van der Waals surface area contributed by atoms with Crippen LogP contribution in [-0.4, -0.2) is 9.97 Å². The Bertz CT molecular complexity index is 2130. The van der Waals surface area contributed by atoms with Gasteiger partial charge in [-0.1, -0.05) is 97.1 Å². The van der Waals surface area contributed by atoms with Crippen LogP contribution in [0.15, 0.2) is 158 Å². The third-order valence-electron chi connectivity index (χ3n) is 8.18. The van der Waals surface area contributed by atoms with E-state index in [9.17, 15) is 0 Å². The van der Waals surface area contributed by atoms with E-state index in [-0.39, 0.29) is 0 Å². The highest BCUT2D eigenvalue weighted by atomic mass is 14.7. The van der Waals surface area contributed by atoms with Gasteiger partial charge in [0.1, 0.15) is 0 Å². The minimum Gasteiger partial charge on any atom is -0.264 e. The van der Waals surface area contributed by atoms with Crippen LogP contribution in [0, 0.1) is 0 Å². The topological polar surface area (TPSA) is 25.8 Å². The highest BCUT2D eigenvalue weighted by Gasteiger charge is 2.11. The number of nitrogens with zero attached hydrogens (tertiary/aromatic N) is 2. The molecule has 0 spiro atoms. The number of aromatic nitrogens is 2. The first-order valence-corrected chi connectivity index (χ1v) is 14.2. The molecule has 2 heteroatoms. The predicted molar refractivity (Wildman–Crippen MR) is 176 cm³/mol. The van der Waals surface area contributed by atoms with Gasteiger partial charge in [-0.25, -0.2) is 0 Å². The highest BCUT2D eigenvalue weighted by Crippen LogP contribution is 2.38. The largest absolute Gasteiger partial charge is 0.264 e. The van der Waals surface area contributed by atoms with E-state index in [4.69, 9.17) is 0 Å². The van der Waals surface area contributed by atoms with Crippen molar-refractivity contribution in [2.75, 3.05) is 0 Å². The van der Waals surface area contributed by atoms with Crippen molar-refractivity contribution in [2.45, 2.75) is 0 Å². The molecule has 0 aliphatic carbocycles. The molecule has 0 unspecified atom stereocenters. The van der Waals surface area contributed by atoms with Crippen molar-refractivity contribution >= 4 is 32.3 Å². The summed E-state index contributed by atoms with van der Waals surface area (Å²) in [5.74, 6) is 0. The van der Waals surface area contributed by atoms with Gasteiger partial charge in [0, 0.05) is 29.7 Å². The maximum Gasteiger partial charge on any atom is 0.0702 e. The van der Waals surface area contributed by atoms with Gasteiger partial charge >= 0.3 is 0 Å². The molecule has 196 valence electrons. The van der Waals surface area contributed by atoms with Crippen LogP contribution in [0.25, 0.3) is 77.0 Å². The molecule has 8 aromatic rings. The maximum absolute atomic E-state index is 4.62. The third-order valence-corrected chi connectivity index (χ3v) is 8.18. The molecule has 0 N–H and O–H groups in total. The lowest BCUT2D eigenvalue weighted by Gasteiger charge is -2.13. The van der Waals surface area contributed by atoms with E-state index in [2.05, 4.69) is 131 Å². The summed E-state index contributed by atoms with van der Waals surface area (Å²) in [4.78, 5) is 8.97. The molecule has 8 rings (SSSR count). The molecule has 0 saturated carbocycles. The Balaban J connectivity index is 1.23. The number of rotatable bonds is 4. The van der Waals surface area contributed by atoms with Crippen molar-refractivity contribution in [3.63, 3.8) is 0 Å². The van der Waals surface area contributed by atoms with E-state index in [1.807, 2.05) is 36.8 Å². The summed E-state index contributed by atoms with van der Waals surface area (Å²) in [5.41, 5.74) is 8.99. The number of pyridine rings is 2. The van der Waals surface area contributed by atoms with Crippen LogP contribution in [0.3, 0.4) is 0 Å². The van der Waals surface area contributed by atoms with E-state index in [1.54, 1.807) is 0 Å². The molecule has 0 aliphatic rings. The lowest BCUT2D eigenvalue weighted by molar-refractivity contribution is 1.32. The first-order chi connectivity index (χ1) is 20.8. The van der Waals surface area contributed by atoms with Gasteiger partial charge in [-0.3, -0.25) is 9.97 Å². The average Bonchev–Trinajstić information content (AvgIpc) is 3.09. The van der Waals surface area contributed by atoms with Crippen LogP contribution in [0.1, 0.15) is 0 Å². The van der Waals surface area contributed by atoms with Crippen LogP contribution in [0.2, 0.25) is 0 Å². The molecule has 0 amide bonds. The summed E-state index contributed by atoms with van der Waals surface area (Å²) in [6.45, 7) is 0. The monoisotopic (exact) mass is 534 g/mol. The van der Waals surface area contributed by atoms with Gasteiger partial charge in [0.15, 0.2) is 0 Å². The summed E-state index contributed by atoms with van der Waals surface area (Å²) >= 11 is 0. The molecule has 2 nitrogen and oxygen atoms in total. The predicted octanol–water partition coefficient (Wildman–Crippen LogP) is 10.6. The summed E-state index contributed by atoms with van der Waals surface area (Å²) in [5, 5.41) is 7.76. The highest BCUT2D eigenvalue weighted by molar-refractivity contribution is 6.25. The Morgan fingerprint density at radius 2 is 0.857 bits per heavy atom. The second-order valence-corrected chi connectivity index (χ2v) is 10.7. The molecule has 6 aromatic carbocycles. The lowest BCUT2D eigenvalue weighted by Crippen LogP contribution is -1.88. The van der Waals surface area contributed by atoms with Gasteiger partial charge in [-0.15, -0.1) is 0 Å². The molecule has 0 aliphatic heterocycles. The number of hydrogen-bond acceptors (Lipinski definition) is 2. The summed E-state index contributed by atoms with van der Waals surface area (Å²) in [6.07, 6.45) is 5.57. The number of fused-ring (bicyclic) bond motifs is 6. The Hall–Kier alpha value is -5.60. The Morgan fingerprint density at radius 1 is 0.310 bits per heavy atom. The van der Waals surface area contributed by atoms with Crippen LogP contribution in [0.5, 0.6) is 0 Å². The fourth-order valence-electron chi connectivity index (χ4n) is 6.12. The molecule has 0 atom stereocenters. The summed E-state index contributed by atoms with van der Waals surface area (Å²) < 4.78 is 0. The molecule has 0 bridgehead atoms. The minimum absolute atomic E-state index is 0.956. The Labute approximate surface area is 244 Å². The van der Waals surface area contributed by atoms with E-state index in [0.717, 1.165) is 27.9 Å². The van der Waals surface area contributed by atoms with Crippen molar-refractivity contribution in [1.82, 2.24) is 9.97 Å². The smallest absolute Gasteiger partial charge is 0.0702 e. The van der Waals surface area contributed by atoms with Crippen molar-refractivity contribution in [3.05, 3.63) is 158 Å². The summed E-state index contributed by atoms with van der Waals surface area (Å²) in [7, 11) is 0. The molecular weight excluding hydrogens is 508 g/mol. The SMILES string of the molecule is c1ccc(-c2cc(-c3ccc(-c4ccc5c6ccccc6c6ccccc6c5c4)cc3)cc(-c3cccnc3)c2)nc1. The number of hydrogen-bond donors (Lipinski definition) is 0. The lowest BCUT2D eigenvalue weighted by atomic mass is 9.91. The zero-order valence-corrected chi connectivity index (χ0v) is 22.9. The van der Waals surface area contributed by atoms with E-state index in [1.165, 1.54) is 49.0 Å². The molecule has 0 radical (unpaired) electrons. The Morgan fingerprint density at radius 3 is 1.48 bits per heavy atom. The van der Waals surface area contributed by atoms with Crippen LogP contribution >= 0.6 is 0 Å². The minimum atomic E-state index is 0.956. The van der Waals surface area contributed by atoms with Crippen LogP contribution in [-0.2, 0) is 0 Å². The molecule has 0 saturated heterocycles. The van der Waals surface area contributed by atoms with Crippen LogP contribution in [0.4, 0.5) is 0 Å². The van der Waals surface area contributed by atoms with Gasteiger partial charge < -0.3 is 0 Å². The molecule has 2 heterocycles. The molecule has 42 heavy (non-hydrogen) atoms. The van der Waals surface area contributed by atoms with Gasteiger partial charge in [-0.2, -0.15) is 0 Å². The summed E-state index contributed by atoms with van der Waals surface area (Å²) in [6, 6.07) is 50.0. The normalized spacial score (nSPS) is 11.3. The van der Waals surface area contributed by atoms with Gasteiger partial charge in [0.25, 0.3) is 0 Å². The van der Waals surface area contributed by atoms with Crippen molar-refractivity contribution in [2.24, 2.45) is 0 Å². The second kappa shape index (κ2) is 10.1. The zero-order chi connectivity index (χ0) is 27.9. The van der Waals surface area contributed by atoms with E-state index < -0.39 is 0 Å². The van der Waals surface area contributed by atoms with E-state index in [0.29, 0.717) is 0 Å². The molecule has 2 aromatic heterocycles. The van der Waals surface area contributed by atoms with Crippen molar-refractivity contribution in [1.29, 1.82) is 0 Å². The van der Waals surface area contributed by atoms with Crippen molar-refractivity contribution < 1.29 is 0 Å². The zero-order valence-electron chi connectivity index (χ0n) is 22.9. The van der Waals surface area contributed by atoms with Crippen molar-refractivity contribution in [3.8, 4) is 44.6 Å². The molecule has 0 fully saturated rings. The Kier molecular flexibility index (Phi) is 5.82. The second-order valence-electron chi connectivity index (χ2n) is 10.7. The van der Waals surface area contributed by atoms with Gasteiger partial charge in [-0.05, 0) is 103 Å². The number of benzene rings is 6. The first-order valence-electron chi connectivity index (χ1n) is 14.2. The van der Waals surface area contributed by atoms with Gasteiger partial charge in [0.2, 0.25) is 0 Å². The van der Waals surface area contributed by atoms with Gasteiger partial charge in [0.05, 0.1) is 5.69 Å². The van der Waals surface area contributed by atoms with E-state index >= 15 is 0 Å². The average molecular weight is 535 g/mol. The first kappa shape index (κ1) is 24.2. The van der Waals surface area contributed by atoms with Crippen LogP contribution < -0.4 is 0 Å².